The number of aliphatic carboxylic acids is 1. The summed E-state index contributed by atoms with van der Waals surface area (Å²) in [7, 11) is 1.60. The van der Waals surface area contributed by atoms with Crippen molar-refractivity contribution < 1.29 is 19.0 Å². The third-order valence-electron chi connectivity index (χ3n) is 4.33. The first-order valence-corrected chi connectivity index (χ1v) is 7.49. The van der Waals surface area contributed by atoms with E-state index in [2.05, 4.69) is 4.90 Å². The van der Waals surface area contributed by atoms with Gasteiger partial charge in [-0.15, -0.1) is 0 Å². The molecule has 1 heterocycles. The van der Waals surface area contributed by atoms with E-state index in [-0.39, 0.29) is 11.9 Å². The standard InChI is InChI=1S/C18H18FNO3/c1-23-15-8-6-14(7-9-15)20-11-10-16(18(21)22)17(20)12-2-4-13(19)5-3-12/h2-9,16-17H,10-11H2,1H3,(H,21,22). The Kier molecular flexibility index (Phi) is 4.19. The first-order valence-electron chi connectivity index (χ1n) is 7.49. The fourth-order valence-electron chi connectivity index (χ4n) is 3.19. The van der Waals surface area contributed by atoms with Gasteiger partial charge in [0.25, 0.3) is 0 Å². The highest BCUT2D eigenvalue weighted by atomic mass is 19.1. The number of hydrogen-bond donors (Lipinski definition) is 1. The van der Waals surface area contributed by atoms with Crippen LogP contribution in [0.4, 0.5) is 10.1 Å². The molecule has 1 fully saturated rings. The van der Waals surface area contributed by atoms with Gasteiger partial charge in [-0.25, -0.2) is 4.39 Å². The van der Waals surface area contributed by atoms with Gasteiger partial charge in [0, 0.05) is 12.2 Å². The highest BCUT2D eigenvalue weighted by molar-refractivity contribution is 5.74. The quantitative estimate of drug-likeness (QED) is 0.938. The average molecular weight is 315 g/mol. The van der Waals surface area contributed by atoms with Gasteiger partial charge < -0.3 is 14.7 Å². The second-order valence-electron chi connectivity index (χ2n) is 5.62. The summed E-state index contributed by atoms with van der Waals surface area (Å²) < 4.78 is 18.4. The Labute approximate surface area is 134 Å². The topological polar surface area (TPSA) is 49.8 Å². The van der Waals surface area contributed by atoms with Crippen LogP contribution in [0.25, 0.3) is 0 Å². The van der Waals surface area contributed by atoms with Gasteiger partial charge in [0.1, 0.15) is 11.6 Å². The van der Waals surface area contributed by atoms with E-state index in [0.717, 1.165) is 17.0 Å². The molecule has 2 aromatic carbocycles. The molecule has 1 N–H and O–H groups in total. The molecule has 5 heteroatoms. The molecule has 1 aliphatic heterocycles. The van der Waals surface area contributed by atoms with Crippen LogP contribution in [0.5, 0.6) is 5.75 Å². The summed E-state index contributed by atoms with van der Waals surface area (Å²) in [5, 5.41) is 9.53. The number of methoxy groups -OCH3 is 1. The van der Waals surface area contributed by atoms with Crippen LogP contribution in [-0.4, -0.2) is 24.7 Å². The monoisotopic (exact) mass is 315 g/mol. The zero-order valence-corrected chi connectivity index (χ0v) is 12.8. The number of ether oxygens (including phenoxy) is 1. The van der Waals surface area contributed by atoms with Crippen LogP contribution in [0.3, 0.4) is 0 Å². The Balaban J connectivity index is 1.97. The van der Waals surface area contributed by atoms with Crippen LogP contribution in [-0.2, 0) is 4.79 Å². The van der Waals surface area contributed by atoms with Crippen molar-refractivity contribution in [1.29, 1.82) is 0 Å². The molecule has 2 atom stereocenters. The van der Waals surface area contributed by atoms with Gasteiger partial charge in [-0.05, 0) is 48.4 Å². The second-order valence-corrected chi connectivity index (χ2v) is 5.62. The van der Waals surface area contributed by atoms with Crippen molar-refractivity contribution in [3.8, 4) is 5.75 Å². The molecule has 0 aromatic heterocycles. The van der Waals surface area contributed by atoms with Crippen LogP contribution in [0.2, 0.25) is 0 Å². The van der Waals surface area contributed by atoms with Crippen LogP contribution in [0.1, 0.15) is 18.0 Å². The zero-order valence-electron chi connectivity index (χ0n) is 12.8. The normalized spacial score (nSPS) is 20.5. The minimum absolute atomic E-state index is 0.304. The molecule has 1 saturated heterocycles. The van der Waals surface area contributed by atoms with Crippen LogP contribution < -0.4 is 9.64 Å². The average Bonchev–Trinajstić information content (AvgIpc) is 3.01. The van der Waals surface area contributed by atoms with Crippen LogP contribution in [0, 0.1) is 11.7 Å². The highest BCUT2D eigenvalue weighted by Crippen LogP contribution is 2.41. The maximum Gasteiger partial charge on any atom is 0.309 e. The molecule has 23 heavy (non-hydrogen) atoms. The summed E-state index contributed by atoms with van der Waals surface area (Å²) in [6.45, 7) is 0.644. The molecule has 2 unspecified atom stereocenters. The molecule has 0 bridgehead atoms. The summed E-state index contributed by atoms with van der Waals surface area (Å²) in [6.07, 6.45) is 0.559. The SMILES string of the molecule is COc1ccc(N2CCC(C(=O)O)C2c2ccc(F)cc2)cc1. The molecule has 0 saturated carbocycles. The molecule has 0 aliphatic carbocycles. The van der Waals surface area contributed by atoms with Gasteiger partial charge in [-0.2, -0.15) is 0 Å². The van der Waals surface area contributed by atoms with Gasteiger partial charge in [-0.3, -0.25) is 4.79 Å². The summed E-state index contributed by atoms with van der Waals surface area (Å²) >= 11 is 0. The predicted octanol–water partition coefficient (Wildman–Crippen LogP) is 3.49. The number of halogens is 1. The lowest BCUT2D eigenvalue weighted by atomic mass is 9.93. The van der Waals surface area contributed by atoms with Crippen molar-refractivity contribution >= 4 is 11.7 Å². The molecule has 1 aliphatic rings. The number of anilines is 1. The molecular weight excluding hydrogens is 297 g/mol. The van der Waals surface area contributed by atoms with Gasteiger partial charge >= 0.3 is 5.97 Å². The largest absolute Gasteiger partial charge is 0.497 e. The van der Waals surface area contributed by atoms with E-state index in [9.17, 15) is 14.3 Å². The first-order chi connectivity index (χ1) is 11.1. The molecule has 0 radical (unpaired) electrons. The molecule has 0 amide bonds. The van der Waals surface area contributed by atoms with Crippen molar-refractivity contribution in [2.45, 2.75) is 12.5 Å². The lowest BCUT2D eigenvalue weighted by molar-refractivity contribution is -0.141. The highest BCUT2D eigenvalue weighted by Gasteiger charge is 2.39. The Morgan fingerprint density at radius 2 is 1.83 bits per heavy atom. The van der Waals surface area contributed by atoms with E-state index >= 15 is 0 Å². The predicted molar refractivity (Wildman–Crippen MR) is 85.2 cm³/mol. The number of rotatable bonds is 4. The summed E-state index contributed by atoms with van der Waals surface area (Å²) in [6, 6.07) is 13.3. The number of nitrogens with zero attached hydrogens (tertiary/aromatic N) is 1. The fraction of sp³-hybridized carbons (Fsp3) is 0.278. The van der Waals surface area contributed by atoms with E-state index in [4.69, 9.17) is 4.74 Å². The molecule has 4 nitrogen and oxygen atoms in total. The maximum atomic E-state index is 13.2. The van der Waals surface area contributed by atoms with E-state index in [1.807, 2.05) is 24.3 Å². The van der Waals surface area contributed by atoms with Crippen LogP contribution >= 0.6 is 0 Å². The third-order valence-corrected chi connectivity index (χ3v) is 4.33. The molecule has 2 aromatic rings. The lowest BCUT2D eigenvalue weighted by Gasteiger charge is -2.29. The van der Waals surface area contributed by atoms with Crippen molar-refractivity contribution in [3.05, 3.63) is 59.9 Å². The van der Waals surface area contributed by atoms with E-state index < -0.39 is 11.9 Å². The van der Waals surface area contributed by atoms with E-state index in [0.29, 0.717) is 13.0 Å². The van der Waals surface area contributed by atoms with E-state index in [1.54, 1.807) is 19.2 Å². The summed E-state index contributed by atoms with van der Waals surface area (Å²) in [5.41, 5.74) is 1.75. The number of carboxylic acid groups (broad SMARTS) is 1. The second kappa shape index (κ2) is 6.28. The fourth-order valence-corrected chi connectivity index (χ4v) is 3.19. The van der Waals surface area contributed by atoms with E-state index in [1.165, 1.54) is 12.1 Å². The number of carbonyl (C=O) groups is 1. The molecule has 3 rings (SSSR count). The van der Waals surface area contributed by atoms with Crippen molar-refractivity contribution in [3.63, 3.8) is 0 Å². The number of hydrogen-bond acceptors (Lipinski definition) is 3. The molecule has 0 spiro atoms. The molecule has 120 valence electrons. The first kappa shape index (κ1) is 15.3. The van der Waals surface area contributed by atoms with Crippen LogP contribution in [0.15, 0.2) is 48.5 Å². The maximum absolute atomic E-state index is 13.2. The minimum Gasteiger partial charge on any atom is -0.497 e. The Hall–Kier alpha value is -2.56. The summed E-state index contributed by atoms with van der Waals surface area (Å²) in [5.74, 6) is -0.909. The number of benzene rings is 2. The van der Waals surface area contributed by atoms with Crippen molar-refractivity contribution in [2.24, 2.45) is 5.92 Å². The molecular formula is C18H18FNO3. The van der Waals surface area contributed by atoms with Gasteiger partial charge in [0.15, 0.2) is 0 Å². The zero-order chi connectivity index (χ0) is 16.4. The van der Waals surface area contributed by atoms with Gasteiger partial charge in [-0.1, -0.05) is 12.1 Å². The summed E-state index contributed by atoms with van der Waals surface area (Å²) in [4.78, 5) is 13.7. The van der Waals surface area contributed by atoms with Gasteiger partial charge in [0.2, 0.25) is 0 Å². The van der Waals surface area contributed by atoms with Gasteiger partial charge in [0.05, 0.1) is 19.1 Å². The smallest absolute Gasteiger partial charge is 0.309 e. The van der Waals surface area contributed by atoms with Crippen molar-refractivity contribution in [1.82, 2.24) is 0 Å². The Bertz CT molecular complexity index is 684. The van der Waals surface area contributed by atoms with Crippen molar-refractivity contribution in [2.75, 3.05) is 18.6 Å². The Morgan fingerprint density at radius 1 is 1.17 bits per heavy atom. The number of carboxylic acids is 1. The Morgan fingerprint density at radius 3 is 2.39 bits per heavy atom. The lowest BCUT2D eigenvalue weighted by Crippen LogP contribution is -2.28. The third kappa shape index (κ3) is 2.99. The minimum atomic E-state index is -0.824.